The highest BCUT2D eigenvalue weighted by molar-refractivity contribution is 6.30. The summed E-state index contributed by atoms with van der Waals surface area (Å²) >= 11 is 5.88. The standard InChI is InChI=1S/C16H14ClNO3/c17-13-7-5-11(6-8-13)14-4-2-1-3-12(14)10-18-15(19)9-16(20)21/h1-8H,9-10H2,(H,18,19)(H,20,21). The van der Waals surface area contributed by atoms with Gasteiger partial charge in [0.1, 0.15) is 6.42 Å². The molecular weight excluding hydrogens is 290 g/mol. The van der Waals surface area contributed by atoms with Gasteiger partial charge in [0.15, 0.2) is 0 Å². The van der Waals surface area contributed by atoms with Gasteiger partial charge in [-0.2, -0.15) is 0 Å². The molecular formula is C16H14ClNO3. The number of benzene rings is 2. The number of carboxylic acids is 1. The number of carboxylic acid groups (broad SMARTS) is 1. The molecule has 2 N–H and O–H groups in total. The third-order valence-corrected chi connectivity index (χ3v) is 3.21. The van der Waals surface area contributed by atoms with Gasteiger partial charge in [0.2, 0.25) is 5.91 Å². The van der Waals surface area contributed by atoms with Crippen LogP contribution in [0.15, 0.2) is 48.5 Å². The van der Waals surface area contributed by atoms with Crippen LogP contribution >= 0.6 is 11.6 Å². The van der Waals surface area contributed by atoms with Crippen LogP contribution in [0.4, 0.5) is 0 Å². The van der Waals surface area contributed by atoms with Gasteiger partial charge in [-0.25, -0.2) is 0 Å². The van der Waals surface area contributed by atoms with E-state index in [9.17, 15) is 9.59 Å². The van der Waals surface area contributed by atoms with Crippen LogP contribution in [0.25, 0.3) is 11.1 Å². The van der Waals surface area contributed by atoms with Crippen LogP contribution in [0, 0.1) is 0 Å². The van der Waals surface area contributed by atoms with Crippen molar-refractivity contribution in [3.8, 4) is 11.1 Å². The lowest BCUT2D eigenvalue weighted by atomic mass is 10.00. The van der Waals surface area contributed by atoms with Crippen LogP contribution in [0.1, 0.15) is 12.0 Å². The number of nitrogens with one attached hydrogen (secondary N) is 1. The first kappa shape index (κ1) is 15.1. The van der Waals surface area contributed by atoms with E-state index >= 15 is 0 Å². The van der Waals surface area contributed by atoms with Gasteiger partial charge in [0, 0.05) is 11.6 Å². The van der Waals surface area contributed by atoms with Gasteiger partial charge in [0.05, 0.1) is 0 Å². The van der Waals surface area contributed by atoms with Crippen LogP contribution in [0.5, 0.6) is 0 Å². The summed E-state index contributed by atoms with van der Waals surface area (Å²) in [7, 11) is 0. The van der Waals surface area contributed by atoms with E-state index in [1.54, 1.807) is 12.1 Å². The molecule has 1 amide bonds. The molecule has 5 heteroatoms. The van der Waals surface area contributed by atoms with E-state index in [1.807, 2.05) is 36.4 Å². The zero-order valence-corrected chi connectivity index (χ0v) is 11.9. The maximum Gasteiger partial charge on any atom is 0.312 e. The second kappa shape index (κ2) is 6.90. The van der Waals surface area contributed by atoms with Crippen LogP contribution < -0.4 is 5.32 Å². The van der Waals surface area contributed by atoms with Gasteiger partial charge in [0.25, 0.3) is 0 Å². The summed E-state index contributed by atoms with van der Waals surface area (Å²) in [6.07, 6.45) is -0.525. The van der Waals surface area contributed by atoms with Gasteiger partial charge in [-0.05, 0) is 28.8 Å². The van der Waals surface area contributed by atoms with E-state index < -0.39 is 18.3 Å². The predicted octanol–water partition coefficient (Wildman–Crippen LogP) is 3.10. The highest BCUT2D eigenvalue weighted by atomic mass is 35.5. The van der Waals surface area contributed by atoms with Crippen LogP contribution in [0.2, 0.25) is 5.02 Å². The van der Waals surface area contributed by atoms with Crippen LogP contribution in [-0.2, 0) is 16.1 Å². The molecule has 0 spiro atoms. The lowest BCUT2D eigenvalue weighted by Crippen LogP contribution is -2.25. The summed E-state index contributed by atoms with van der Waals surface area (Å²) in [6.45, 7) is 0.283. The number of aliphatic carboxylic acids is 1. The summed E-state index contributed by atoms with van der Waals surface area (Å²) in [6, 6.07) is 15.0. The van der Waals surface area contributed by atoms with E-state index in [4.69, 9.17) is 16.7 Å². The second-order valence-electron chi connectivity index (χ2n) is 4.51. The Labute approximate surface area is 127 Å². The van der Waals surface area contributed by atoms with Crippen molar-refractivity contribution in [2.24, 2.45) is 0 Å². The highest BCUT2D eigenvalue weighted by Gasteiger charge is 2.09. The van der Waals surface area contributed by atoms with Crippen molar-refractivity contribution in [2.45, 2.75) is 13.0 Å². The van der Waals surface area contributed by atoms with E-state index in [2.05, 4.69) is 5.32 Å². The quantitative estimate of drug-likeness (QED) is 0.834. The molecule has 0 aliphatic heterocycles. The van der Waals surface area contributed by atoms with Gasteiger partial charge in [-0.1, -0.05) is 48.0 Å². The Morgan fingerprint density at radius 1 is 1.05 bits per heavy atom. The SMILES string of the molecule is O=C(O)CC(=O)NCc1ccccc1-c1ccc(Cl)cc1. The van der Waals surface area contributed by atoms with Crippen molar-refractivity contribution in [2.75, 3.05) is 0 Å². The highest BCUT2D eigenvalue weighted by Crippen LogP contribution is 2.25. The average molecular weight is 304 g/mol. The first-order valence-corrected chi connectivity index (χ1v) is 6.76. The minimum absolute atomic E-state index is 0.283. The molecule has 21 heavy (non-hydrogen) atoms. The number of carbonyl (C=O) groups is 2. The number of carbonyl (C=O) groups excluding carboxylic acids is 1. The molecule has 2 aromatic carbocycles. The fraction of sp³-hybridized carbons (Fsp3) is 0.125. The number of rotatable bonds is 5. The zero-order valence-electron chi connectivity index (χ0n) is 11.2. The summed E-state index contributed by atoms with van der Waals surface area (Å²) in [5, 5.41) is 11.8. The third kappa shape index (κ3) is 4.33. The van der Waals surface area contributed by atoms with Crippen molar-refractivity contribution in [3.63, 3.8) is 0 Å². The number of hydrogen-bond acceptors (Lipinski definition) is 2. The molecule has 0 saturated heterocycles. The number of amides is 1. The fourth-order valence-electron chi connectivity index (χ4n) is 1.98. The van der Waals surface area contributed by atoms with Gasteiger partial charge < -0.3 is 10.4 Å². The Balaban J connectivity index is 2.15. The topological polar surface area (TPSA) is 66.4 Å². The molecule has 4 nitrogen and oxygen atoms in total. The van der Waals surface area contributed by atoms with E-state index in [1.165, 1.54) is 0 Å². The summed E-state index contributed by atoms with van der Waals surface area (Å²) in [4.78, 5) is 21.9. The molecule has 2 aromatic rings. The molecule has 0 atom stereocenters. The maximum atomic E-state index is 11.4. The molecule has 0 aliphatic carbocycles. The Bertz CT molecular complexity index is 653. The fourth-order valence-corrected chi connectivity index (χ4v) is 2.11. The largest absolute Gasteiger partial charge is 0.481 e. The molecule has 0 heterocycles. The maximum absolute atomic E-state index is 11.4. The Hall–Kier alpha value is -2.33. The Morgan fingerprint density at radius 3 is 2.38 bits per heavy atom. The Kier molecular flexibility index (Phi) is 4.95. The number of halogens is 1. The molecule has 2 rings (SSSR count). The van der Waals surface area contributed by atoms with E-state index in [0.29, 0.717) is 5.02 Å². The van der Waals surface area contributed by atoms with Gasteiger partial charge >= 0.3 is 5.97 Å². The van der Waals surface area contributed by atoms with E-state index in [0.717, 1.165) is 16.7 Å². The molecule has 0 bridgehead atoms. The average Bonchev–Trinajstić information content (AvgIpc) is 2.46. The molecule has 0 unspecified atom stereocenters. The third-order valence-electron chi connectivity index (χ3n) is 2.96. The van der Waals surface area contributed by atoms with Crippen molar-refractivity contribution >= 4 is 23.5 Å². The first-order chi connectivity index (χ1) is 10.1. The normalized spacial score (nSPS) is 10.1. The second-order valence-corrected chi connectivity index (χ2v) is 4.95. The van der Waals surface area contributed by atoms with Crippen molar-refractivity contribution in [1.29, 1.82) is 0 Å². The predicted molar refractivity (Wildman–Crippen MR) is 81.0 cm³/mol. The van der Waals surface area contributed by atoms with E-state index in [-0.39, 0.29) is 6.54 Å². The molecule has 108 valence electrons. The number of hydrogen-bond donors (Lipinski definition) is 2. The molecule has 0 aromatic heterocycles. The molecule has 0 saturated carbocycles. The van der Waals surface area contributed by atoms with Crippen LogP contribution in [0.3, 0.4) is 0 Å². The molecule has 0 aliphatic rings. The first-order valence-electron chi connectivity index (χ1n) is 6.38. The van der Waals surface area contributed by atoms with Gasteiger partial charge in [-0.15, -0.1) is 0 Å². The van der Waals surface area contributed by atoms with Crippen molar-refractivity contribution in [1.82, 2.24) is 5.32 Å². The van der Waals surface area contributed by atoms with Crippen molar-refractivity contribution < 1.29 is 14.7 Å². The summed E-state index contributed by atoms with van der Waals surface area (Å²) < 4.78 is 0. The molecule has 0 radical (unpaired) electrons. The lowest BCUT2D eigenvalue weighted by molar-refractivity contribution is -0.140. The Morgan fingerprint density at radius 2 is 1.71 bits per heavy atom. The lowest BCUT2D eigenvalue weighted by Gasteiger charge is -2.10. The van der Waals surface area contributed by atoms with Crippen molar-refractivity contribution in [3.05, 3.63) is 59.1 Å². The van der Waals surface area contributed by atoms with Gasteiger partial charge in [-0.3, -0.25) is 9.59 Å². The zero-order chi connectivity index (χ0) is 15.2. The summed E-state index contributed by atoms with van der Waals surface area (Å²) in [5.74, 6) is -1.65. The minimum Gasteiger partial charge on any atom is -0.481 e. The smallest absolute Gasteiger partial charge is 0.312 e. The monoisotopic (exact) mass is 303 g/mol. The minimum atomic E-state index is -1.14. The molecule has 0 fully saturated rings. The van der Waals surface area contributed by atoms with Crippen LogP contribution in [-0.4, -0.2) is 17.0 Å². The summed E-state index contributed by atoms with van der Waals surface area (Å²) in [5.41, 5.74) is 2.88.